The van der Waals surface area contributed by atoms with Gasteiger partial charge in [0.15, 0.2) is 16.6 Å². The number of hydrogen-bond acceptors (Lipinski definition) is 4. The molecule has 6 heteroatoms. The lowest BCUT2D eigenvalue weighted by atomic mass is 10.1. The molecule has 0 fully saturated rings. The van der Waals surface area contributed by atoms with Crippen LogP contribution < -0.4 is 20.2 Å². The number of nitrogens with zero attached hydrogens (tertiary/aromatic N) is 1. The van der Waals surface area contributed by atoms with Crippen molar-refractivity contribution < 1.29 is 9.47 Å². The van der Waals surface area contributed by atoms with E-state index in [4.69, 9.17) is 21.7 Å². The average Bonchev–Trinajstić information content (AvgIpc) is 2.75. The quantitative estimate of drug-likeness (QED) is 0.295. The highest BCUT2D eigenvalue weighted by Gasteiger charge is 2.07. The number of ether oxygens (including phenoxy) is 2. The molecule has 0 aliphatic heterocycles. The first-order valence-electron chi connectivity index (χ1n) is 9.75. The van der Waals surface area contributed by atoms with Crippen LogP contribution in [0.3, 0.4) is 0 Å². The van der Waals surface area contributed by atoms with Crippen LogP contribution in [0.4, 0.5) is 5.69 Å². The number of rotatable bonds is 8. The van der Waals surface area contributed by atoms with Crippen molar-refractivity contribution in [2.24, 2.45) is 5.10 Å². The zero-order valence-electron chi connectivity index (χ0n) is 17.1. The molecule has 0 aliphatic rings. The van der Waals surface area contributed by atoms with E-state index in [1.165, 1.54) is 5.56 Å². The van der Waals surface area contributed by atoms with Gasteiger partial charge in [-0.15, -0.1) is 0 Å². The Morgan fingerprint density at radius 3 is 2.50 bits per heavy atom. The van der Waals surface area contributed by atoms with Crippen LogP contribution in [-0.2, 0) is 6.61 Å². The molecule has 3 rings (SSSR count). The second-order valence-electron chi connectivity index (χ2n) is 6.54. The third kappa shape index (κ3) is 6.32. The summed E-state index contributed by atoms with van der Waals surface area (Å²) in [6.07, 6.45) is 1.69. The Morgan fingerprint density at radius 1 is 0.967 bits per heavy atom. The molecule has 2 N–H and O–H groups in total. The summed E-state index contributed by atoms with van der Waals surface area (Å²) in [5.41, 5.74) is 6.94. The first-order valence-corrected chi connectivity index (χ1v) is 10.2. The Balaban J connectivity index is 1.61. The third-order valence-corrected chi connectivity index (χ3v) is 4.52. The summed E-state index contributed by atoms with van der Waals surface area (Å²) in [5, 5.41) is 7.68. The fourth-order valence-electron chi connectivity index (χ4n) is 2.77. The molecule has 3 aromatic carbocycles. The fraction of sp³-hybridized carbons (Fsp3) is 0.167. The maximum atomic E-state index is 6.00. The molecular formula is C24H25N3O2S. The van der Waals surface area contributed by atoms with Crippen LogP contribution in [0.25, 0.3) is 0 Å². The highest BCUT2D eigenvalue weighted by Crippen LogP contribution is 2.29. The Hall–Kier alpha value is -3.38. The maximum absolute atomic E-state index is 6.00. The summed E-state index contributed by atoms with van der Waals surface area (Å²) in [5.74, 6) is 1.38. The highest BCUT2D eigenvalue weighted by molar-refractivity contribution is 7.80. The summed E-state index contributed by atoms with van der Waals surface area (Å²) in [4.78, 5) is 0. The molecule has 0 heterocycles. The largest absolute Gasteiger partial charge is 0.490 e. The minimum Gasteiger partial charge on any atom is -0.490 e. The number of nitrogens with one attached hydrogen (secondary N) is 2. The Morgan fingerprint density at radius 2 is 1.73 bits per heavy atom. The third-order valence-electron chi connectivity index (χ3n) is 4.32. The summed E-state index contributed by atoms with van der Waals surface area (Å²) < 4.78 is 11.8. The predicted octanol–water partition coefficient (Wildman–Crippen LogP) is 5.29. The number of para-hydroxylation sites is 1. The number of aryl methyl sites for hydroxylation is 1. The maximum Gasteiger partial charge on any atom is 0.191 e. The van der Waals surface area contributed by atoms with Gasteiger partial charge in [-0.1, -0.05) is 42.5 Å². The molecule has 5 nitrogen and oxygen atoms in total. The van der Waals surface area contributed by atoms with E-state index in [-0.39, 0.29) is 0 Å². The van der Waals surface area contributed by atoms with Crippen LogP contribution in [-0.4, -0.2) is 17.9 Å². The van der Waals surface area contributed by atoms with Crippen LogP contribution in [0, 0.1) is 6.92 Å². The standard InChI is InChI=1S/C24H25N3O2S/c1-3-28-23-15-19(16-25-27-24(30)26-21-11-5-4-6-12-21)13-14-22(23)29-17-20-10-8-7-9-18(20)2/h4-16H,3,17H2,1-2H3,(H2,26,27,30). The van der Waals surface area contributed by atoms with Gasteiger partial charge in [-0.05, 0) is 73.1 Å². The minimum absolute atomic E-state index is 0.417. The normalized spacial score (nSPS) is 10.6. The van der Waals surface area contributed by atoms with Gasteiger partial charge in [-0.25, -0.2) is 0 Å². The summed E-state index contributed by atoms with van der Waals surface area (Å²) in [6, 6.07) is 23.6. The molecule has 0 atom stereocenters. The van der Waals surface area contributed by atoms with Crippen molar-refractivity contribution in [1.82, 2.24) is 5.43 Å². The van der Waals surface area contributed by atoms with Gasteiger partial charge < -0.3 is 14.8 Å². The topological polar surface area (TPSA) is 54.9 Å². The SMILES string of the molecule is CCOc1cc(C=NNC(=S)Nc2ccccc2)ccc1OCc1ccccc1C. The van der Waals surface area contributed by atoms with Gasteiger partial charge in [0.05, 0.1) is 12.8 Å². The van der Waals surface area contributed by atoms with Crippen molar-refractivity contribution >= 4 is 29.2 Å². The Bertz CT molecular complexity index is 1010. The minimum atomic E-state index is 0.417. The molecule has 0 spiro atoms. The summed E-state index contributed by atoms with van der Waals surface area (Å²) in [7, 11) is 0. The lowest BCUT2D eigenvalue weighted by molar-refractivity contribution is 0.269. The number of hydrazone groups is 1. The van der Waals surface area contributed by atoms with Gasteiger partial charge in [-0.2, -0.15) is 5.10 Å². The molecular weight excluding hydrogens is 394 g/mol. The van der Waals surface area contributed by atoms with Crippen molar-refractivity contribution in [3.8, 4) is 11.5 Å². The molecule has 0 bridgehead atoms. The monoisotopic (exact) mass is 419 g/mol. The van der Waals surface area contributed by atoms with Crippen LogP contribution in [0.5, 0.6) is 11.5 Å². The van der Waals surface area contributed by atoms with Crippen LogP contribution in [0.2, 0.25) is 0 Å². The van der Waals surface area contributed by atoms with Gasteiger partial charge in [0.25, 0.3) is 0 Å². The Kier molecular flexibility index (Phi) is 7.80. The van der Waals surface area contributed by atoms with Crippen molar-refractivity contribution in [2.45, 2.75) is 20.5 Å². The number of hydrogen-bond donors (Lipinski definition) is 2. The lowest BCUT2D eigenvalue weighted by Gasteiger charge is -2.13. The van der Waals surface area contributed by atoms with E-state index in [1.54, 1.807) is 6.21 Å². The van der Waals surface area contributed by atoms with Crippen LogP contribution >= 0.6 is 12.2 Å². The number of thiocarbonyl (C=S) groups is 1. The van der Waals surface area contributed by atoms with Crippen molar-refractivity contribution in [3.63, 3.8) is 0 Å². The average molecular weight is 420 g/mol. The number of benzene rings is 3. The lowest BCUT2D eigenvalue weighted by Crippen LogP contribution is -2.23. The molecule has 0 radical (unpaired) electrons. The van der Waals surface area contributed by atoms with Crippen molar-refractivity contribution in [3.05, 3.63) is 89.5 Å². The molecule has 0 aliphatic carbocycles. The zero-order chi connectivity index (χ0) is 21.2. The fourth-order valence-corrected chi connectivity index (χ4v) is 2.94. The van der Waals surface area contributed by atoms with Crippen LogP contribution in [0.15, 0.2) is 77.9 Å². The first-order chi connectivity index (χ1) is 14.7. The van der Waals surface area contributed by atoms with Crippen molar-refractivity contribution in [1.29, 1.82) is 0 Å². The van der Waals surface area contributed by atoms with E-state index in [1.807, 2.05) is 67.6 Å². The molecule has 0 aromatic heterocycles. The van der Waals surface area contributed by atoms with Gasteiger partial charge in [0, 0.05) is 5.69 Å². The van der Waals surface area contributed by atoms with Gasteiger partial charge in [0.2, 0.25) is 0 Å². The second-order valence-corrected chi connectivity index (χ2v) is 6.95. The first kappa shape index (κ1) is 21.3. The highest BCUT2D eigenvalue weighted by atomic mass is 32.1. The zero-order valence-corrected chi connectivity index (χ0v) is 17.9. The van der Waals surface area contributed by atoms with Crippen molar-refractivity contribution in [2.75, 3.05) is 11.9 Å². The summed E-state index contributed by atoms with van der Waals surface area (Å²) >= 11 is 5.25. The van der Waals surface area contributed by atoms with E-state index in [2.05, 4.69) is 34.9 Å². The van der Waals surface area contributed by atoms with Gasteiger partial charge in [0.1, 0.15) is 6.61 Å². The van der Waals surface area contributed by atoms with E-state index in [0.29, 0.717) is 29.8 Å². The van der Waals surface area contributed by atoms with Gasteiger partial charge >= 0.3 is 0 Å². The van der Waals surface area contributed by atoms with Gasteiger partial charge in [-0.3, -0.25) is 5.43 Å². The molecule has 30 heavy (non-hydrogen) atoms. The predicted molar refractivity (Wildman–Crippen MR) is 127 cm³/mol. The Labute approximate surface area is 182 Å². The molecule has 0 unspecified atom stereocenters. The number of anilines is 1. The molecule has 0 saturated heterocycles. The van der Waals surface area contributed by atoms with E-state index in [0.717, 1.165) is 16.8 Å². The summed E-state index contributed by atoms with van der Waals surface area (Å²) in [6.45, 7) is 5.05. The molecule has 3 aromatic rings. The molecule has 154 valence electrons. The molecule has 0 saturated carbocycles. The van der Waals surface area contributed by atoms with E-state index >= 15 is 0 Å². The van der Waals surface area contributed by atoms with Crippen LogP contribution in [0.1, 0.15) is 23.6 Å². The smallest absolute Gasteiger partial charge is 0.191 e. The second kappa shape index (κ2) is 11.0. The van der Waals surface area contributed by atoms with E-state index in [9.17, 15) is 0 Å². The molecule has 0 amide bonds. The van der Waals surface area contributed by atoms with E-state index < -0.39 is 0 Å².